The van der Waals surface area contributed by atoms with Crippen molar-refractivity contribution in [2.45, 2.75) is 43.7 Å². The molecule has 0 saturated carbocycles. The maximum Gasteiger partial charge on any atom is 0.416 e. The molecule has 0 spiro atoms. The highest BCUT2D eigenvalue weighted by Gasteiger charge is 2.48. The average Bonchev–Trinajstić information content (AvgIpc) is 3.21. The summed E-state index contributed by atoms with van der Waals surface area (Å²) in [6, 6.07) is 12.3. The number of cyclic esters (lactones) is 1. The van der Waals surface area contributed by atoms with Crippen LogP contribution in [0, 0.1) is 0 Å². The van der Waals surface area contributed by atoms with Crippen molar-refractivity contribution in [2.75, 3.05) is 6.54 Å². The zero-order valence-electron chi connectivity index (χ0n) is 15.9. The molecule has 0 aromatic heterocycles. The van der Waals surface area contributed by atoms with Crippen molar-refractivity contribution < 1.29 is 32.6 Å². The first-order valence-corrected chi connectivity index (χ1v) is 9.70. The van der Waals surface area contributed by atoms with Crippen LogP contribution >= 0.6 is 0 Å². The summed E-state index contributed by atoms with van der Waals surface area (Å²) in [5.41, 5.74) is 1.96. The molecule has 4 rings (SSSR count). The van der Waals surface area contributed by atoms with Crippen molar-refractivity contribution in [3.63, 3.8) is 0 Å². The number of aliphatic hydroxyl groups is 1. The molecule has 1 fully saturated rings. The molecular weight excluding hydrogens is 399 g/mol. The molecule has 5 nitrogen and oxygen atoms in total. The fraction of sp³-hybridized carbons (Fsp3) is 0.364. The Kier molecular flexibility index (Phi) is 5.27. The molecule has 2 aliphatic heterocycles. The minimum atomic E-state index is -4.80. The lowest BCUT2D eigenvalue weighted by Gasteiger charge is -2.30. The number of amides is 1. The quantitative estimate of drug-likeness (QED) is 0.771. The van der Waals surface area contributed by atoms with Crippen LogP contribution in [0.25, 0.3) is 0 Å². The van der Waals surface area contributed by atoms with Gasteiger partial charge in [0.05, 0.1) is 11.6 Å². The Morgan fingerprint density at radius 3 is 2.60 bits per heavy atom. The van der Waals surface area contributed by atoms with E-state index >= 15 is 0 Å². The van der Waals surface area contributed by atoms with Gasteiger partial charge in [-0.25, -0.2) is 4.79 Å². The van der Waals surface area contributed by atoms with Crippen molar-refractivity contribution in [1.29, 1.82) is 0 Å². The third kappa shape index (κ3) is 3.79. The molecule has 0 aliphatic carbocycles. The van der Waals surface area contributed by atoms with Crippen LogP contribution in [0.15, 0.2) is 48.5 Å². The summed E-state index contributed by atoms with van der Waals surface area (Å²) >= 11 is 0. The smallest absolute Gasteiger partial charge is 0.416 e. The third-order valence-electron chi connectivity index (χ3n) is 5.66. The lowest BCUT2D eigenvalue weighted by molar-refractivity contribution is -0.216. The highest BCUT2D eigenvalue weighted by molar-refractivity contribution is 5.98. The van der Waals surface area contributed by atoms with Crippen LogP contribution < -0.4 is 0 Å². The van der Waals surface area contributed by atoms with E-state index in [2.05, 4.69) is 0 Å². The van der Waals surface area contributed by atoms with Gasteiger partial charge in [0, 0.05) is 18.5 Å². The average molecular weight is 419 g/mol. The molecule has 3 atom stereocenters. The van der Waals surface area contributed by atoms with Gasteiger partial charge in [-0.1, -0.05) is 30.3 Å². The van der Waals surface area contributed by atoms with Gasteiger partial charge in [-0.2, -0.15) is 13.2 Å². The van der Waals surface area contributed by atoms with E-state index in [9.17, 15) is 27.9 Å². The Labute approximate surface area is 171 Å². The topological polar surface area (TPSA) is 66.8 Å². The number of esters is 1. The summed E-state index contributed by atoms with van der Waals surface area (Å²) < 4.78 is 44.4. The summed E-state index contributed by atoms with van der Waals surface area (Å²) in [4.78, 5) is 26.4. The van der Waals surface area contributed by atoms with Gasteiger partial charge in [0.2, 0.25) is 0 Å². The largest absolute Gasteiger partial charge is 0.454 e. The third-order valence-corrected chi connectivity index (χ3v) is 5.66. The lowest BCUT2D eigenvalue weighted by Crippen LogP contribution is -2.49. The van der Waals surface area contributed by atoms with E-state index in [0.29, 0.717) is 24.0 Å². The van der Waals surface area contributed by atoms with Crippen molar-refractivity contribution in [2.24, 2.45) is 0 Å². The van der Waals surface area contributed by atoms with Gasteiger partial charge in [0.25, 0.3) is 5.91 Å². The van der Waals surface area contributed by atoms with Crippen LogP contribution in [-0.4, -0.2) is 46.7 Å². The molecule has 158 valence electrons. The molecule has 1 amide bonds. The number of hydrogen-bond acceptors (Lipinski definition) is 4. The number of fused-ring (bicyclic) bond motifs is 1. The van der Waals surface area contributed by atoms with Gasteiger partial charge in [-0.05, 0) is 42.2 Å². The van der Waals surface area contributed by atoms with Crippen LogP contribution in [-0.2, 0) is 11.2 Å². The van der Waals surface area contributed by atoms with Crippen molar-refractivity contribution in [3.05, 3.63) is 70.8 Å². The number of nitrogens with zero attached hydrogens (tertiary/aromatic N) is 1. The van der Waals surface area contributed by atoms with Gasteiger partial charge in [0.15, 0.2) is 6.10 Å². The highest BCUT2D eigenvalue weighted by Crippen LogP contribution is 2.34. The maximum absolute atomic E-state index is 13.0. The summed E-state index contributed by atoms with van der Waals surface area (Å²) in [5.74, 6) is -1.09. The van der Waals surface area contributed by atoms with E-state index in [1.165, 1.54) is 12.1 Å². The first-order valence-electron chi connectivity index (χ1n) is 9.70. The molecule has 0 bridgehead atoms. The Bertz CT molecular complexity index is 961. The van der Waals surface area contributed by atoms with E-state index in [-0.39, 0.29) is 18.5 Å². The minimum Gasteiger partial charge on any atom is -0.454 e. The normalized spacial score (nSPS) is 22.4. The first-order chi connectivity index (χ1) is 14.3. The molecular formula is C22H20F3NO4. The number of likely N-dealkylation sites (tertiary alicyclic amines) is 1. The Balaban J connectivity index is 1.59. The number of carbonyl (C=O) groups excluding carboxylic acids is 2. The highest BCUT2D eigenvalue weighted by atomic mass is 19.4. The second-order valence-electron chi connectivity index (χ2n) is 7.58. The Morgan fingerprint density at radius 2 is 1.90 bits per heavy atom. The molecule has 1 saturated heterocycles. The molecule has 2 aromatic rings. The van der Waals surface area contributed by atoms with Gasteiger partial charge in [0.1, 0.15) is 6.10 Å². The number of ether oxygens (including phenoxy) is 1. The molecule has 8 heteroatoms. The van der Waals surface area contributed by atoms with Crippen LogP contribution in [0.4, 0.5) is 13.2 Å². The summed E-state index contributed by atoms with van der Waals surface area (Å²) in [6.45, 7) is 0.141. The van der Waals surface area contributed by atoms with Crippen LogP contribution in [0.5, 0.6) is 0 Å². The van der Waals surface area contributed by atoms with E-state index < -0.39 is 36.3 Å². The summed E-state index contributed by atoms with van der Waals surface area (Å²) in [7, 11) is 0. The van der Waals surface area contributed by atoms with Crippen LogP contribution in [0.2, 0.25) is 0 Å². The van der Waals surface area contributed by atoms with Gasteiger partial charge >= 0.3 is 12.1 Å². The number of hydrogen-bond donors (Lipinski definition) is 1. The second-order valence-corrected chi connectivity index (χ2v) is 7.58. The number of benzene rings is 2. The van der Waals surface area contributed by atoms with Crippen molar-refractivity contribution >= 4 is 11.9 Å². The van der Waals surface area contributed by atoms with Gasteiger partial charge < -0.3 is 14.7 Å². The second kappa shape index (κ2) is 7.75. The summed E-state index contributed by atoms with van der Waals surface area (Å²) in [5, 5.41) is 9.66. The molecule has 0 radical (unpaired) electrons. The first kappa shape index (κ1) is 20.4. The number of carbonyl (C=O) groups is 2. The van der Waals surface area contributed by atoms with Crippen LogP contribution in [0.3, 0.4) is 0 Å². The molecule has 1 N–H and O–H groups in total. The molecule has 2 aliphatic rings. The number of halogens is 3. The number of alkyl halides is 3. The van der Waals surface area contributed by atoms with E-state index in [0.717, 1.165) is 10.5 Å². The standard InChI is InChI=1S/C22H20F3NO4/c23-22(24,25)19(27)17-7-4-10-26(17)20(28)14-8-9-16-15(11-14)12-18(30-21(16)29)13-5-2-1-3-6-13/h1-3,5-6,8-9,11,17-19,27H,4,7,10,12H2. The molecule has 2 heterocycles. The van der Waals surface area contributed by atoms with Gasteiger partial charge in [-0.15, -0.1) is 0 Å². The predicted octanol–water partition coefficient (Wildman–Crippen LogP) is 3.67. The minimum absolute atomic E-state index is 0.0831. The van der Waals surface area contributed by atoms with E-state index in [1.807, 2.05) is 30.3 Å². The lowest BCUT2D eigenvalue weighted by atomic mass is 9.93. The Hall–Kier alpha value is -2.87. The maximum atomic E-state index is 13.0. The van der Waals surface area contributed by atoms with Crippen LogP contribution in [0.1, 0.15) is 50.8 Å². The zero-order chi connectivity index (χ0) is 21.5. The number of aliphatic hydroxyl groups excluding tert-OH is 1. The van der Waals surface area contributed by atoms with E-state index in [1.54, 1.807) is 6.07 Å². The SMILES string of the molecule is O=C1OC(c2ccccc2)Cc2cc(C(=O)N3CCCC3C(O)C(F)(F)F)ccc21. The predicted molar refractivity (Wildman–Crippen MR) is 101 cm³/mol. The van der Waals surface area contributed by atoms with E-state index in [4.69, 9.17) is 4.74 Å². The Morgan fingerprint density at radius 1 is 1.17 bits per heavy atom. The van der Waals surface area contributed by atoms with Crippen molar-refractivity contribution in [1.82, 2.24) is 4.90 Å². The molecule has 3 unspecified atom stereocenters. The fourth-order valence-electron chi connectivity index (χ4n) is 4.14. The fourth-order valence-corrected chi connectivity index (χ4v) is 4.14. The monoisotopic (exact) mass is 419 g/mol. The molecule has 2 aromatic carbocycles. The van der Waals surface area contributed by atoms with Gasteiger partial charge in [-0.3, -0.25) is 4.79 Å². The zero-order valence-corrected chi connectivity index (χ0v) is 15.9. The van der Waals surface area contributed by atoms with Crippen molar-refractivity contribution in [3.8, 4) is 0 Å². The number of rotatable bonds is 3. The summed E-state index contributed by atoms with van der Waals surface area (Å²) in [6.07, 6.45) is -7.05. The molecule has 30 heavy (non-hydrogen) atoms.